The van der Waals surface area contributed by atoms with Gasteiger partial charge >= 0.3 is 0 Å². The van der Waals surface area contributed by atoms with Crippen molar-refractivity contribution < 1.29 is 4.79 Å². The average molecular weight is 286 g/mol. The van der Waals surface area contributed by atoms with Gasteiger partial charge < -0.3 is 16.8 Å². The standard InChI is InChI=1S/C12H16ClN3OS/c1-12(2,11(15)17)6-16-9-4-3-7(10(14)18)5-8(9)13/h3-5,16H,6H2,1-2H3,(H2,14,18)(H2,15,17). The van der Waals surface area contributed by atoms with Crippen LogP contribution in [0, 0.1) is 5.41 Å². The van der Waals surface area contributed by atoms with Gasteiger partial charge in [0.25, 0.3) is 0 Å². The summed E-state index contributed by atoms with van der Waals surface area (Å²) in [5.41, 5.74) is 11.6. The number of amides is 1. The number of primary amides is 1. The van der Waals surface area contributed by atoms with E-state index in [2.05, 4.69) is 5.32 Å². The minimum Gasteiger partial charge on any atom is -0.389 e. The molecule has 6 heteroatoms. The first-order chi connectivity index (χ1) is 8.24. The normalized spacial score (nSPS) is 11.1. The molecule has 0 unspecified atom stereocenters. The highest BCUT2D eigenvalue weighted by Gasteiger charge is 2.24. The zero-order chi connectivity index (χ0) is 13.9. The summed E-state index contributed by atoms with van der Waals surface area (Å²) in [7, 11) is 0. The van der Waals surface area contributed by atoms with Crippen molar-refractivity contribution in [3.05, 3.63) is 28.8 Å². The van der Waals surface area contributed by atoms with Gasteiger partial charge in [0.2, 0.25) is 5.91 Å². The molecule has 0 aliphatic carbocycles. The van der Waals surface area contributed by atoms with Crippen molar-refractivity contribution in [1.29, 1.82) is 0 Å². The lowest BCUT2D eigenvalue weighted by Gasteiger charge is -2.22. The Bertz CT molecular complexity index is 488. The lowest BCUT2D eigenvalue weighted by atomic mass is 9.92. The fourth-order valence-electron chi connectivity index (χ4n) is 1.22. The fourth-order valence-corrected chi connectivity index (χ4v) is 1.59. The Morgan fingerprint density at radius 3 is 2.50 bits per heavy atom. The molecule has 0 fully saturated rings. The second-order valence-electron chi connectivity index (χ2n) is 4.66. The van der Waals surface area contributed by atoms with Gasteiger partial charge in [-0.05, 0) is 32.0 Å². The van der Waals surface area contributed by atoms with Gasteiger partial charge in [-0.1, -0.05) is 23.8 Å². The second kappa shape index (κ2) is 5.54. The van der Waals surface area contributed by atoms with Crippen LogP contribution in [-0.2, 0) is 4.79 Å². The smallest absolute Gasteiger partial charge is 0.224 e. The molecule has 98 valence electrons. The summed E-state index contributed by atoms with van der Waals surface area (Å²) >= 11 is 10.9. The summed E-state index contributed by atoms with van der Waals surface area (Å²) < 4.78 is 0. The number of nitrogens with two attached hydrogens (primary N) is 2. The van der Waals surface area contributed by atoms with Gasteiger partial charge in [-0.2, -0.15) is 0 Å². The van der Waals surface area contributed by atoms with Crippen LogP contribution in [0.4, 0.5) is 5.69 Å². The molecule has 0 aliphatic rings. The molecule has 1 aromatic carbocycles. The second-order valence-corrected chi connectivity index (χ2v) is 5.51. The molecule has 18 heavy (non-hydrogen) atoms. The van der Waals surface area contributed by atoms with Crippen LogP contribution in [0.5, 0.6) is 0 Å². The average Bonchev–Trinajstić information content (AvgIpc) is 2.26. The van der Waals surface area contributed by atoms with Crippen molar-refractivity contribution in [2.75, 3.05) is 11.9 Å². The van der Waals surface area contributed by atoms with E-state index < -0.39 is 5.41 Å². The van der Waals surface area contributed by atoms with Crippen molar-refractivity contribution in [2.45, 2.75) is 13.8 Å². The Kier molecular flexibility index (Phi) is 4.53. The number of thiocarbonyl (C=S) groups is 1. The minimum atomic E-state index is -0.648. The van der Waals surface area contributed by atoms with Crippen molar-refractivity contribution in [2.24, 2.45) is 16.9 Å². The highest BCUT2D eigenvalue weighted by molar-refractivity contribution is 7.80. The largest absolute Gasteiger partial charge is 0.389 e. The highest BCUT2D eigenvalue weighted by Crippen LogP contribution is 2.25. The molecule has 0 spiro atoms. The molecule has 0 saturated heterocycles. The molecule has 0 radical (unpaired) electrons. The van der Waals surface area contributed by atoms with Crippen LogP contribution in [0.1, 0.15) is 19.4 Å². The van der Waals surface area contributed by atoms with Crippen LogP contribution in [0.15, 0.2) is 18.2 Å². The number of carbonyl (C=O) groups is 1. The van der Waals surface area contributed by atoms with E-state index in [1.807, 2.05) is 0 Å². The number of rotatable bonds is 5. The molecule has 0 aliphatic heterocycles. The van der Waals surface area contributed by atoms with Crippen LogP contribution < -0.4 is 16.8 Å². The van der Waals surface area contributed by atoms with Gasteiger partial charge in [0.15, 0.2) is 0 Å². The summed E-state index contributed by atoms with van der Waals surface area (Å²) in [6, 6.07) is 5.23. The van der Waals surface area contributed by atoms with Crippen LogP contribution in [-0.4, -0.2) is 17.4 Å². The molecule has 0 saturated carbocycles. The first-order valence-electron chi connectivity index (χ1n) is 5.37. The van der Waals surface area contributed by atoms with Gasteiger partial charge in [0.1, 0.15) is 4.99 Å². The summed E-state index contributed by atoms with van der Waals surface area (Å²) in [6.07, 6.45) is 0. The predicted octanol–water partition coefficient (Wildman–Crippen LogP) is 1.90. The Labute approximate surface area is 117 Å². The number of hydrogen-bond acceptors (Lipinski definition) is 3. The third-order valence-corrected chi connectivity index (χ3v) is 3.19. The summed E-state index contributed by atoms with van der Waals surface area (Å²) in [5.74, 6) is -0.370. The zero-order valence-electron chi connectivity index (χ0n) is 10.3. The Morgan fingerprint density at radius 2 is 2.06 bits per heavy atom. The first-order valence-corrected chi connectivity index (χ1v) is 6.16. The van der Waals surface area contributed by atoms with E-state index in [1.165, 1.54) is 0 Å². The zero-order valence-corrected chi connectivity index (χ0v) is 11.9. The van der Waals surface area contributed by atoms with E-state index in [0.29, 0.717) is 27.8 Å². The van der Waals surface area contributed by atoms with Crippen molar-refractivity contribution >= 4 is 40.4 Å². The number of anilines is 1. The van der Waals surface area contributed by atoms with Gasteiger partial charge in [-0.25, -0.2) is 0 Å². The van der Waals surface area contributed by atoms with E-state index >= 15 is 0 Å². The summed E-state index contributed by atoms with van der Waals surface area (Å²) in [6.45, 7) is 3.92. The van der Waals surface area contributed by atoms with E-state index in [0.717, 1.165) is 0 Å². The molecule has 1 rings (SSSR count). The summed E-state index contributed by atoms with van der Waals surface area (Å²) in [5, 5.41) is 3.58. The molecule has 1 amide bonds. The third kappa shape index (κ3) is 3.58. The maximum atomic E-state index is 11.2. The number of nitrogens with one attached hydrogen (secondary N) is 1. The quantitative estimate of drug-likeness (QED) is 0.722. The molecular formula is C12H16ClN3OS. The number of benzene rings is 1. The van der Waals surface area contributed by atoms with Crippen molar-refractivity contribution in [1.82, 2.24) is 0 Å². The van der Waals surface area contributed by atoms with Crippen LogP contribution in [0.25, 0.3) is 0 Å². The summed E-state index contributed by atoms with van der Waals surface area (Å²) in [4.78, 5) is 11.5. The van der Waals surface area contributed by atoms with Crippen molar-refractivity contribution in [3.8, 4) is 0 Å². The maximum absolute atomic E-state index is 11.2. The first kappa shape index (κ1) is 14.7. The molecule has 0 heterocycles. The van der Waals surface area contributed by atoms with Crippen molar-refractivity contribution in [3.63, 3.8) is 0 Å². The molecule has 1 aromatic rings. The highest BCUT2D eigenvalue weighted by atomic mass is 35.5. The number of carbonyl (C=O) groups excluding carboxylic acids is 1. The Hall–Kier alpha value is -1.33. The van der Waals surface area contributed by atoms with Crippen LogP contribution >= 0.6 is 23.8 Å². The van der Waals surface area contributed by atoms with Crippen LogP contribution in [0.2, 0.25) is 5.02 Å². The topological polar surface area (TPSA) is 81.1 Å². The minimum absolute atomic E-state index is 0.293. The van der Waals surface area contributed by atoms with E-state index in [1.54, 1.807) is 32.0 Å². The molecule has 4 nitrogen and oxygen atoms in total. The predicted molar refractivity (Wildman–Crippen MR) is 78.8 cm³/mol. The van der Waals surface area contributed by atoms with Gasteiger partial charge in [-0.3, -0.25) is 4.79 Å². The molecule has 0 bridgehead atoms. The molecule has 0 aromatic heterocycles. The van der Waals surface area contributed by atoms with Crippen LogP contribution in [0.3, 0.4) is 0 Å². The van der Waals surface area contributed by atoms with E-state index in [-0.39, 0.29) is 5.91 Å². The Balaban J connectivity index is 2.81. The number of hydrogen-bond donors (Lipinski definition) is 3. The lowest BCUT2D eigenvalue weighted by Crippen LogP contribution is -2.37. The maximum Gasteiger partial charge on any atom is 0.224 e. The van der Waals surface area contributed by atoms with E-state index in [9.17, 15) is 4.79 Å². The third-order valence-electron chi connectivity index (χ3n) is 2.64. The fraction of sp³-hybridized carbons (Fsp3) is 0.333. The monoisotopic (exact) mass is 285 g/mol. The van der Waals surface area contributed by atoms with Gasteiger partial charge in [0, 0.05) is 12.1 Å². The number of halogens is 1. The molecular weight excluding hydrogens is 270 g/mol. The van der Waals surface area contributed by atoms with E-state index in [4.69, 9.17) is 35.3 Å². The molecule has 5 N–H and O–H groups in total. The lowest BCUT2D eigenvalue weighted by molar-refractivity contribution is -0.125. The van der Waals surface area contributed by atoms with Gasteiger partial charge in [-0.15, -0.1) is 0 Å². The Morgan fingerprint density at radius 1 is 1.44 bits per heavy atom. The SMILES string of the molecule is CC(C)(CNc1ccc(C(N)=S)cc1Cl)C(N)=O. The van der Waals surface area contributed by atoms with Gasteiger partial charge in [0.05, 0.1) is 16.1 Å². The molecule has 0 atom stereocenters.